The molecule has 6 heteroatoms. The van der Waals surface area contributed by atoms with Gasteiger partial charge in [-0.25, -0.2) is 4.98 Å². The number of nitrogens with zero attached hydrogens (tertiary/aromatic N) is 2. The second-order valence-corrected chi connectivity index (χ2v) is 5.40. The first-order chi connectivity index (χ1) is 8.79. The summed E-state index contributed by atoms with van der Waals surface area (Å²) in [6.45, 7) is 4.78. The van der Waals surface area contributed by atoms with E-state index in [0.717, 1.165) is 25.1 Å². The number of aromatic nitrogens is 1. The van der Waals surface area contributed by atoms with Gasteiger partial charge in [-0.1, -0.05) is 13.8 Å². The van der Waals surface area contributed by atoms with Crippen LogP contribution >= 0.6 is 0 Å². The van der Waals surface area contributed by atoms with Crippen molar-refractivity contribution in [2.24, 2.45) is 5.92 Å². The lowest BCUT2D eigenvalue weighted by atomic mass is 10.1. The molecule has 0 aromatic carbocycles. The Morgan fingerprint density at radius 2 is 2.05 bits per heavy atom. The highest BCUT2D eigenvalue weighted by atomic mass is 19.4. The lowest BCUT2D eigenvalue weighted by molar-refractivity contribution is -0.141. The second-order valence-electron chi connectivity index (χ2n) is 5.40. The number of nitrogens with two attached hydrogens (primary N) is 1. The molecule has 0 bridgehead atoms. The van der Waals surface area contributed by atoms with Gasteiger partial charge in [-0.05, 0) is 24.8 Å². The van der Waals surface area contributed by atoms with Gasteiger partial charge in [0.25, 0.3) is 0 Å². The summed E-state index contributed by atoms with van der Waals surface area (Å²) in [5.41, 5.74) is 5.68. The van der Waals surface area contributed by atoms with E-state index in [1.165, 1.54) is 0 Å². The van der Waals surface area contributed by atoms with E-state index in [1.807, 2.05) is 18.7 Å². The third-order valence-electron chi connectivity index (χ3n) is 3.06. The van der Waals surface area contributed by atoms with Crippen LogP contribution in [0.4, 0.5) is 24.5 Å². The smallest absolute Gasteiger partial charge is 0.396 e. The van der Waals surface area contributed by atoms with E-state index in [-0.39, 0.29) is 0 Å². The molecule has 1 saturated carbocycles. The molecule has 0 amide bonds. The van der Waals surface area contributed by atoms with Crippen LogP contribution in [-0.2, 0) is 6.18 Å². The zero-order valence-corrected chi connectivity index (χ0v) is 11.0. The highest BCUT2D eigenvalue weighted by Crippen LogP contribution is 2.38. The Morgan fingerprint density at radius 1 is 1.42 bits per heavy atom. The molecule has 0 spiro atoms. The summed E-state index contributed by atoms with van der Waals surface area (Å²) in [5, 5.41) is 0. The van der Waals surface area contributed by atoms with Gasteiger partial charge in [-0.15, -0.1) is 0 Å². The molecule has 0 aliphatic heterocycles. The minimum Gasteiger partial charge on any atom is -0.396 e. The topological polar surface area (TPSA) is 42.2 Å². The Kier molecular flexibility index (Phi) is 3.60. The van der Waals surface area contributed by atoms with Gasteiger partial charge in [0.05, 0.1) is 17.6 Å². The SMILES string of the molecule is CC(C)CN(c1cc(C(F)(F)F)ncc1N)C1CC1. The fourth-order valence-electron chi connectivity index (χ4n) is 2.08. The molecule has 106 valence electrons. The minimum atomic E-state index is -4.44. The monoisotopic (exact) mass is 273 g/mol. The molecule has 0 saturated heterocycles. The number of pyridine rings is 1. The van der Waals surface area contributed by atoms with Crippen molar-refractivity contribution in [2.45, 2.75) is 38.9 Å². The van der Waals surface area contributed by atoms with Crippen LogP contribution in [-0.4, -0.2) is 17.6 Å². The molecule has 1 heterocycles. The lowest BCUT2D eigenvalue weighted by Gasteiger charge is -2.28. The van der Waals surface area contributed by atoms with Crippen molar-refractivity contribution in [3.63, 3.8) is 0 Å². The van der Waals surface area contributed by atoms with E-state index in [2.05, 4.69) is 4.98 Å². The Morgan fingerprint density at radius 3 is 2.53 bits per heavy atom. The van der Waals surface area contributed by atoms with Crippen molar-refractivity contribution in [2.75, 3.05) is 17.2 Å². The minimum absolute atomic E-state index is 0.306. The molecule has 1 aliphatic rings. The number of hydrogen-bond acceptors (Lipinski definition) is 3. The van der Waals surface area contributed by atoms with Gasteiger partial charge in [-0.2, -0.15) is 13.2 Å². The van der Waals surface area contributed by atoms with E-state index in [4.69, 9.17) is 5.73 Å². The van der Waals surface area contributed by atoms with Crippen molar-refractivity contribution >= 4 is 11.4 Å². The van der Waals surface area contributed by atoms with Crippen LogP contribution in [0.15, 0.2) is 12.3 Å². The van der Waals surface area contributed by atoms with E-state index < -0.39 is 11.9 Å². The van der Waals surface area contributed by atoms with Gasteiger partial charge in [0.2, 0.25) is 0 Å². The first-order valence-electron chi connectivity index (χ1n) is 6.38. The Hall–Kier alpha value is -1.46. The summed E-state index contributed by atoms with van der Waals surface area (Å²) in [6.07, 6.45) is -1.31. The maximum atomic E-state index is 12.7. The molecule has 3 nitrogen and oxygen atoms in total. The van der Waals surface area contributed by atoms with Crippen LogP contribution in [0.2, 0.25) is 0 Å². The van der Waals surface area contributed by atoms with Gasteiger partial charge in [-0.3, -0.25) is 0 Å². The van der Waals surface area contributed by atoms with Crippen molar-refractivity contribution in [1.29, 1.82) is 0 Å². The zero-order valence-electron chi connectivity index (χ0n) is 11.0. The Labute approximate surface area is 110 Å². The Balaban J connectivity index is 2.35. The maximum absolute atomic E-state index is 12.7. The number of anilines is 2. The van der Waals surface area contributed by atoms with Gasteiger partial charge < -0.3 is 10.6 Å². The summed E-state index contributed by atoms with van der Waals surface area (Å²) in [5.74, 6) is 0.363. The van der Waals surface area contributed by atoms with Crippen LogP contribution in [0.3, 0.4) is 0 Å². The quantitative estimate of drug-likeness (QED) is 0.915. The van der Waals surface area contributed by atoms with E-state index in [1.54, 1.807) is 0 Å². The molecular weight excluding hydrogens is 255 g/mol. The van der Waals surface area contributed by atoms with Gasteiger partial charge in [0, 0.05) is 12.6 Å². The first kappa shape index (κ1) is 14.0. The molecule has 1 fully saturated rings. The van der Waals surface area contributed by atoms with Crippen molar-refractivity contribution in [3.8, 4) is 0 Å². The van der Waals surface area contributed by atoms with E-state index >= 15 is 0 Å². The third-order valence-corrected chi connectivity index (χ3v) is 3.06. The van der Waals surface area contributed by atoms with Gasteiger partial charge >= 0.3 is 6.18 Å². The summed E-state index contributed by atoms with van der Waals surface area (Å²) in [6, 6.07) is 1.38. The standard InChI is InChI=1S/C13H18F3N3/c1-8(2)7-19(9-3-4-9)11-5-12(13(14,15)16)18-6-10(11)17/h5-6,8-9H,3-4,7,17H2,1-2H3. The van der Waals surface area contributed by atoms with Crippen LogP contribution in [0.5, 0.6) is 0 Å². The molecule has 1 aliphatic carbocycles. The Bertz CT molecular complexity index is 453. The lowest BCUT2D eigenvalue weighted by Crippen LogP contribution is -2.31. The highest BCUT2D eigenvalue weighted by Gasteiger charge is 2.35. The third kappa shape index (κ3) is 3.30. The zero-order chi connectivity index (χ0) is 14.2. The molecule has 1 aromatic heterocycles. The molecule has 0 radical (unpaired) electrons. The number of rotatable bonds is 4. The number of hydrogen-bond donors (Lipinski definition) is 1. The van der Waals surface area contributed by atoms with Gasteiger partial charge in [0.15, 0.2) is 0 Å². The number of nitrogen functional groups attached to an aromatic ring is 1. The van der Waals surface area contributed by atoms with E-state index in [0.29, 0.717) is 29.9 Å². The summed E-state index contributed by atoms with van der Waals surface area (Å²) in [7, 11) is 0. The largest absolute Gasteiger partial charge is 0.433 e. The summed E-state index contributed by atoms with van der Waals surface area (Å²) < 4.78 is 38.2. The van der Waals surface area contributed by atoms with Gasteiger partial charge in [0.1, 0.15) is 5.69 Å². The molecular formula is C13H18F3N3. The number of alkyl halides is 3. The first-order valence-corrected chi connectivity index (χ1v) is 6.38. The molecule has 19 heavy (non-hydrogen) atoms. The summed E-state index contributed by atoms with van der Waals surface area (Å²) >= 11 is 0. The predicted molar refractivity (Wildman–Crippen MR) is 68.9 cm³/mol. The molecule has 0 atom stereocenters. The molecule has 0 unspecified atom stereocenters. The average molecular weight is 273 g/mol. The van der Waals surface area contributed by atoms with Crippen LogP contribution in [0.1, 0.15) is 32.4 Å². The molecule has 1 aromatic rings. The van der Waals surface area contributed by atoms with E-state index in [9.17, 15) is 13.2 Å². The normalized spacial score (nSPS) is 15.9. The molecule has 2 rings (SSSR count). The second kappa shape index (κ2) is 4.90. The molecule has 2 N–H and O–H groups in total. The maximum Gasteiger partial charge on any atom is 0.433 e. The number of halogens is 3. The fraction of sp³-hybridized carbons (Fsp3) is 0.615. The predicted octanol–water partition coefficient (Wildman–Crippen LogP) is 3.31. The van der Waals surface area contributed by atoms with Crippen molar-refractivity contribution in [1.82, 2.24) is 4.98 Å². The van der Waals surface area contributed by atoms with Crippen molar-refractivity contribution < 1.29 is 13.2 Å². The van der Waals surface area contributed by atoms with Crippen molar-refractivity contribution in [3.05, 3.63) is 18.0 Å². The van der Waals surface area contributed by atoms with Crippen LogP contribution in [0, 0.1) is 5.92 Å². The fourth-order valence-corrected chi connectivity index (χ4v) is 2.08. The summed E-state index contributed by atoms with van der Waals surface area (Å²) in [4.78, 5) is 5.36. The van der Waals surface area contributed by atoms with Crippen LogP contribution < -0.4 is 10.6 Å². The average Bonchev–Trinajstić information content (AvgIpc) is 3.08. The van der Waals surface area contributed by atoms with Crippen LogP contribution in [0.25, 0.3) is 0 Å². The highest BCUT2D eigenvalue weighted by molar-refractivity contribution is 5.68.